The van der Waals surface area contributed by atoms with Crippen LogP contribution in [0.5, 0.6) is 5.75 Å². The lowest BCUT2D eigenvalue weighted by molar-refractivity contribution is 0.146. The number of benzene rings is 1. The standard InChI is InChI=1S/C15H25N3O2/c1-12(2)18-15(16-3)17-11-13-5-7-14(8-6-13)20-10-9-19-4/h5-8,12H,9-11H2,1-4H3,(H2,16,17,18). The average Bonchev–Trinajstić information content (AvgIpc) is 2.44. The number of ether oxygens (including phenoxy) is 2. The Morgan fingerprint density at radius 3 is 2.45 bits per heavy atom. The second-order valence-corrected chi connectivity index (χ2v) is 4.71. The van der Waals surface area contributed by atoms with E-state index in [-0.39, 0.29) is 0 Å². The van der Waals surface area contributed by atoms with E-state index in [4.69, 9.17) is 9.47 Å². The first kappa shape index (κ1) is 16.3. The number of nitrogens with one attached hydrogen (secondary N) is 2. The molecule has 0 amide bonds. The van der Waals surface area contributed by atoms with Gasteiger partial charge in [0.2, 0.25) is 0 Å². The fourth-order valence-corrected chi connectivity index (χ4v) is 1.60. The Labute approximate surface area is 121 Å². The van der Waals surface area contributed by atoms with Gasteiger partial charge in [-0.25, -0.2) is 0 Å². The van der Waals surface area contributed by atoms with Crippen molar-refractivity contribution in [3.8, 4) is 5.75 Å². The largest absolute Gasteiger partial charge is 0.491 e. The van der Waals surface area contributed by atoms with Gasteiger partial charge < -0.3 is 20.1 Å². The highest BCUT2D eigenvalue weighted by atomic mass is 16.5. The van der Waals surface area contributed by atoms with Crippen LogP contribution in [0.2, 0.25) is 0 Å². The van der Waals surface area contributed by atoms with E-state index in [1.807, 2.05) is 24.3 Å². The first-order valence-electron chi connectivity index (χ1n) is 6.83. The molecule has 0 fully saturated rings. The van der Waals surface area contributed by atoms with Gasteiger partial charge in [0, 0.05) is 26.7 Å². The number of hydrogen-bond donors (Lipinski definition) is 2. The SMILES string of the molecule is CN=C(NCc1ccc(OCCOC)cc1)NC(C)C. The number of guanidine groups is 1. The Kier molecular flexibility index (Phi) is 7.50. The molecule has 0 heterocycles. The van der Waals surface area contributed by atoms with Gasteiger partial charge in [0.05, 0.1) is 6.61 Å². The zero-order valence-corrected chi connectivity index (χ0v) is 12.8. The monoisotopic (exact) mass is 279 g/mol. The van der Waals surface area contributed by atoms with Gasteiger partial charge in [-0.3, -0.25) is 4.99 Å². The first-order chi connectivity index (χ1) is 9.65. The van der Waals surface area contributed by atoms with Crippen LogP contribution in [0, 0.1) is 0 Å². The van der Waals surface area contributed by atoms with Crippen molar-refractivity contribution in [3.05, 3.63) is 29.8 Å². The fraction of sp³-hybridized carbons (Fsp3) is 0.533. The van der Waals surface area contributed by atoms with Gasteiger partial charge in [0.25, 0.3) is 0 Å². The van der Waals surface area contributed by atoms with E-state index in [0.717, 1.165) is 18.3 Å². The maximum absolute atomic E-state index is 5.52. The summed E-state index contributed by atoms with van der Waals surface area (Å²) in [5.41, 5.74) is 1.18. The lowest BCUT2D eigenvalue weighted by atomic mass is 10.2. The lowest BCUT2D eigenvalue weighted by Crippen LogP contribution is -2.40. The minimum Gasteiger partial charge on any atom is -0.491 e. The summed E-state index contributed by atoms with van der Waals surface area (Å²) in [5.74, 6) is 1.66. The Bertz CT molecular complexity index is 402. The predicted molar refractivity (Wildman–Crippen MR) is 82.3 cm³/mol. The molecule has 0 aromatic heterocycles. The van der Waals surface area contributed by atoms with E-state index in [1.54, 1.807) is 14.2 Å². The second-order valence-electron chi connectivity index (χ2n) is 4.71. The molecule has 0 aliphatic rings. The first-order valence-corrected chi connectivity index (χ1v) is 6.83. The quantitative estimate of drug-likeness (QED) is 0.454. The van der Waals surface area contributed by atoms with Crippen LogP contribution in [0.25, 0.3) is 0 Å². The third-order valence-corrected chi connectivity index (χ3v) is 2.59. The summed E-state index contributed by atoms with van der Waals surface area (Å²) < 4.78 is 10.5. The third kappa shape index (κ3) is 6.43. The highest BCUT2D eigenvalue weighted by Crippen LogP contribution is 2.11. The molecule has 5 heteroatoms. The van der Waals surface area contributed by atoms with E-state index < -0.39 is 0 Å². The van der Waals surface area contributed by atoms with Crippen LogP contribution in [0.3, 0.4) is 0 Å². The molecule has 5 nitrogen and oxygen atoms in total. The molecule has 0 aliphatic heterocycles. The van der Waals surface area contributed by atoms with Crippen molar-refractivity contribution in [2.45, 2.75) is 26.4 Å². The minimum atomic E-state index is 0.359. The topological polar surface area (TPSA) is 54.9 Å². The highest BCUT2D eigenvalue weighted by Gasteiger charge is 2.00. The van der Waals surface area contributed by atoms with Crippen LogP contribution in [0.4, 0.5) is 0 Å². The number of nitrogens with zero attached hydrogens (tertiary/aromatic N) is 1. The molecular weight excluding hydrogens is 254 g/mol. The van der Waals surface area contributed by atoms with Gasteiger partial charge in [-0.2, -0.15) is 0 Å². The van der Waals surface area contributed by atoms with E-state index in [2.05, 4.69) is 29.5 Å². The molecule has 1 aromatic carbocycles. The molecule has 0 saturated heterocycles. The highest BCUT2D eigenvalue weighted by molar-refractivity contribution is 5.79. The molecule has 0 unspecified atom stereocenters. The van der Waals surface area contributed by atoms with Gasteiger partial charge in [0.15, 0.2) is 5.96 Å². The van der Waals surface area contributed by atoms with Crippen molar-refractivity contribution < 1.29 is 9.47 Å². The van der Waals surface area contributed by atoms with Crippen LogP contribution >= 0.6 is 0 Å². The Morgan fingerprint density at radius 1 is 1.20 bits per heavy atom. The van der Waals surface area contributed by atoms with Crippen LogP contribution in [-0.4, -0.2) is 39.4 Å². The summed E-state index contributed by atoms with van der Waals surface area (Å²) in [6.07, 6.45) is 0. The number of hydrogen-bond acceptors (Lipinski definition) is 3. The molecule has 0 spiro atoms. The molecule has 0 bridgehead atoms. The zero-order valence-electron chi connectivity index (χ0n) is 12.8. The van der Waals surface area contributed by atoms with Gasteiger partial charge in [-0.05, 0) is 31.5 Å². The molecule has 0 saturated carbocycles. The van der Waals surface area contributed by atoms with Gasteiger partial charge in [0.1, 0.15) is 12.4 Å². The molecule has 20 heavy (non-hydrogen) atoms. The number of rotatable bonds is 7. The van der Waals surface area contributed by atoms with Crippen molar-refractivity contribution in [1.29, 1.82) is 0 Å². The van der Waals surface area contributed by atoms with Crippen molar-refractivity contribution in [2.24, 2.45) is 4.99 Å². The van der Waals surface area contributed by atoms with Crippen LogP contribution < -0.4 is 15.4 Å². The summed E-state index contributed by atoms with van der Waals surface area (Å²) in [6.45, 7) is 6.06. The maximum atomic E-state index is 5.52. The summed E-state index contributed by atoms with van der Waals surface area (Å²) >= 11 is 0. The summed E-state index contributed by atoms with van der Waals surface area (Å²) in [7, 11) is 3.43. The van der Waals surface area contributed by atoms with Crippen molar-refractivity contribution >= 4 is 5.96 Å². The van der Waals surface area contributed by atoms with Crippen LogP contribution in [0.1, 0.15) is 19.4 Å². The summed E-state index contributed by atoms with van der Waals surface area (Å²) in [5, 5.41) is 6.51. The van der Waals surface area contributed by atoms with E-state index in [9.17, 15) is 0 Å². The molecule has 112 valence electrons. The van der Waals surface area contributed by atoms with Crippen LogP contribution in [0.15, 0.2) is 29.3 Å². The Morgan fingerprint density at radius 2 is 1.90 bits per heavy atom. The van der Waals surface area contributed by atoms with E-state index >= 15 is 0 Å². The second kappa shape index (κ2) is 9.20. The molecule has 0 aliphatic carbocycles. The molecule has 1 rings (SSSR count). The van der Waals surface area contributed by atoms with Gasteiger partial charge >= 0.3 is 0 Å². The van der Waals surface area contributed by atoms with Crippen LogP contribution in [-0.2, 0) is 11.3 Å². The molecule has 1 aromatic rings. The lowest BCUT2D eigenvalue weighted by Gasteiger charge is -2.14. The predicted octanol–water partition coefficient (Wildman–Crippen LogP) is 1.79. The van der Waals surface area contributed by atoms with E-state index in [0.29, 0.717) is 19.3 Å². The summed E-state index contributed by atoms with van der Waals surface area (Å²) in [4.78, 5) is 4.17. The fourth-order valence-electron chi connectivity index (χ4n) is 1.60. The maximum Gasteiger partial charge on any atom is 0.191 e. The molecular formula is C15H25N3O2. The van der Waals surface area contributed by atoms with Crippen molar-refractivity contribution in [1.82, 2.24) is 10.6 Å². The normalized spacial score (nSPS) is 11.6. The number of aliphatic imine (C=N–C) groups is 1. The van der Waals surface area contributed by atoms with Crippen molar-refractivity contribution in [3.63, 3.8) is 0 Å². The molecule has 2 N–H and O–H groups in total. The summed E-state index contributed by atoms with van der Waals surface area (Å²) in [6, 6.07) is 8.37. The van der Waals surface area contributed by atoms with Gasteiger partial charge in [-0.15, -0.1) is 0 Å². The average molecular weight is 279 g/mol. The smallest absolute Gasteiger partial charge is 0.191 e. The molecule has 0 atom stereocenters. The van der Waals surface area contributed by atoms with E-state index in [1.165, 1.54) is 5.56 Å². The minimum absolute atomic E-state index is 0.359. The Hall–Kier alpha value is -1.75. The number of methoxy groups -OCH3 is 1. The van der Waals surface area contributed by atoms with Crippen molar-refractivity contribution in [2.75, 3.05) is 27.4 Å². The zero-order chi connectivity index (χ0) is 14.8. The van der Waals surface area contributed by atoms with Gasteiger partial charge in [-0.1, -0.05) is 12.1 Å². The Balaban J connectivity index is 2.41. The third-order valence-electron chi connectivity index (χ3n) is 2.59. The molecule has 0 radical (unpaired) electrons.